The Morgan fingerprint density at radius 3 is 0.744 bits per heavy atom. The molecule has 0 heterocycles. The average Bonchev–Trinajstić information content (AvgIpc) is 3.48. The summed E-state index contributed by atoms with van der Waals surface area (Å²) in [7, 11) is 0. The van der Waals surface area contributed by atoms with Crippen LogP contribution in [-0.4, -0.2) is 37.2 Å². The molecular weight excluding hydrogens is 1010 g/mol. The van der Waals surface area contributed by atoms with Gasteiger partial charge in [-0.3, -0.25) is 14.4 Å². The van der Waals surface area contributed by atoms with E-state index in [-0.39, 0.29) is 31.1 Å². The van der Waals surface area contributed by atoms with Crippen molar-refractivity contribution in [1.29, 1.82) is 0 Å². The Hall–Kier alpha value is -2.63. The van der Waals surface area contributed by atoms with Crippen LogP contribution in [0.3, 0.4) is 0 Å². The Labute approximate surface area is 511 Å². The van der Waals surface area contributed by atoms with Crippen molar-refractivity contribution >= 4 is 17.9 Å². The summed E-state index contributed by atoms with van der Waals surface area (Å²) in [6, 6.07) is 0. The third kappa shape index (κ3) is 68.2. The zero-order valence-electron chi connectivity index (χ0n) is 55.3. The summed E-state index contributed by atoms with van der Waals surface area (Å²) in [5.41, 5.74) is 0. The van der Waals surface area contributed by atoms with Crippen LogP contribution in [0.4, 0.5) is 0 Å². The number of hydrogen-bond donors (Lipinski definition) is 0. The third-order valence-electron chi connectivity index (χ3n) is 16.6. The van der Waals surface area contributed by atoms with E-state index in [9.17, 15) is 14.4 Å². The van der Waals surface area contributed by atoms with Gasteiger partial charge in [-0.15, -0.1) is 0 Å². The van der Waals surface area contributed by atoms with Gasteiger partial charge in [0.25, 0.3) is 0 Å². The molecule has 0 aromatic carbocycles. The lowest BCUT2D eigenvalue weighted by molar-refractivity contribution is -0.167. The number of allylic oxidation sites excluding steroid dienone is 8. The van der Waals surface area contributed by atoms with Gasteiger partial charge in [0.2, 0.25) is 0 Å². The van der Waals surface area contributed by atoms with Crippen molar-refractivity contribution in [2.45, 2.75) is 406 Å². The van der Waals surface area contributed by atoms with Gasteiger partial charge in [0, 0.05) is 19.3 Å². The van der Waals surface area contributed by atoms with Gasteiger partial charge in [0.15, 0.2) is 6.10 Å². The molecule has 0 aliphatic rings. The minimum atomic E-state index is -0.775. The van der Waals surface area contributed by atoms with Gasteiger partial charge in [-0.05, 0) is 57.8 Å². The van der Waals surface area contributed by atoms with Crippen molar-refractivity contribution in [3.63, 3.8) is 0 Å². The first kappa shape index (κ1) is 79.4. The molecule has 0 spiro atoms. The normalized spacial score (nSPS) is 12.3. The minimum Gasteiger partial charge on any atom is -0.462 e. The van der Waals surface area contributed by atoms with Crippen LogP contribution in [0.2, 0.25) is 0 Å². The fourth-order valence-corrected chi connectivity index (χ4v) is 11.1. The van der Waals surface area contributed by atoms with Gasteiger partial charge < -0.3 is 14.2 Å². The van der Waals surface area contributed by atoms with Crippen LogP contribution in [0, 0.1) is 0 Å². The number of unbranched alkanes of at least 4 members (excludes halogenated alkanes) is 49. The Morgan fingerprint density at radius 1 is 0.256 bits per heavy atom. The number of carbonyl (C=O) groups excluding carboxylic acids is 3. The van der Waals surface area contributed by atoms with E-state index in [0.29, 0.717) is 19.3 Å². The highest BCUT2D eigenvalue weighted by Gasteiger charge is 2.19. The van der Waals surface area contributed by atoms with Crippen LogP contribution < -0.4 is 0 Å². The van der Waals surface area contributed by atoms with Crippen molar-refractivity contribution in [3.05, 3.63) is 48.6 Å². The fraction of sp³-hybridized carbons (Fsp3) is 0.855. The second-order valence-corrected chi connectivity index (χ2v) is 24.8. The van der Waals surface area contributed by atoms with E-state index in [4.69, 9.17) is 14.2 Å². The molecule has 0 radical (unpaired) electrons. The predicted octanol–water partition coefficient (Wildman–Crippen LogP) is 25.3. The highest BCUT2D eigenvalue weighted by molar-refractivity contribution is 5.71. The van der Waals surface area contributed by atoms with E-state index in [0.717, 1.165) is 89.9 Å². The van der Waals surface area contributed by atoms with Crippen LogP contribution in [0.1, 0.15) is 400 Å². The van der Waals surface area contributed by atoms with E-state index in [1.807, 2.05) is 0 Å². The first-order chi connectivity index (χ1) is 40.5. The average molecular weight is 1150 g/mol. The zero-order chi connectivity index (χ0) is 59.2. The summed E-state index contributed by atoms with van der Waals surface area (Å²) in [6.45, 7) is 6.58. The Balaban J connectivity index is 4.10. The number of ether oxygens (including phenoxy) is 3. The van der Waals surface area contributed by atoms with Gasteiger partial charge in [-0.25, -0.2) is 0 Å². The highest BCUT2D eigenvalue weighted by atomic mass is 16.6. The van der Waals surface area contributed by atoms with Crippen LogP contribution in [0.25, 0.3) is 0 Å². The summed E-state index contributed by atoms with van der Waals surface area (Å²) in [6.07, 6.45) is 90.3. The third-order valence-corrected chi connectivity index (χ3v) is 16.6. The molecule has 6 heteroatoms. The van der Waals surface area contributed by atoms with Crippen LogP contribution in [0.5, 0.6) is 0 Å². The smallest absolute Gasteiger partial charge is 0.306 e. The monoisotopic (exact) mass is 1150 g/mol. The van der Waals surface area contributed by atoms with Gasteiger partial charge in [0.1, 0.15) is 13.2 Å². The second kappa shape index (κ2) is 70.9. The molecule has 6 nitrogen and oxygen atoms in total. The molecule has 0 bridgehead atoms. The summed E-state index contributed by atoms with van der Waals surface area (Å²) in [5, 5.41) is 0. The molecule has 1 atom stereocenters. The van der Waals surface area contributed by atoms with Crippen molar-refractivity contribution < 1.29 is 28.6 Å². The van der Waals surface area contributed by atoms with E-state index in [2.05, 4.69) is 69.4 Å². The minimum absolute atomic E-state index is 0.0712. The van der Waals surface area contributed by atoms with E-state index < -0.39 is 6.10 Å². The van der Waals surface area contributed by atoms with Crippen molar-refractivity contribution in [2.24, 2.45) is 0 Å². The van der Waals surface area contributed by atoms with Crippen molar-refractivity contribution in [1.82, 2.24) is 0 Å². The number of carbonyl (C=O) groups is 3. The molecule has 82 heavy (non-hydrogen) atoms. The van der Waals surface area contributed by atoms with Crippen LogP contribution in [-0.2, 0) is 28.6 Å². The fourth-order valence-electron chi connectivity index (χ4n) is 11.1. The zero-order valence-corrected chi connectivity index (χ0v) is 55.3. The second-order valence-electron chi connectivity index (χ2n) is 24.8. The Kier molecular flexibility index (Phi) is 68.6. The molecule has 0 aromatic heterocycles. The maximum Gasteiger partial charge on any atom is 0.306 e. The standard InChI is InChI=1S/C76H140O6/c1-4-7-10-13-16-19-22-24-26-28-30-32-33-34-35-36-37-38-39-40-41-42-44-45-47-49-51-54-57-60-63-66-69-75(78)81-72-73(71-80-74(77)68-65-62-59-56-53-21-18-15-12-9-6-3)82-76(79)70-67-64-61-58-55-52-50-48-46-43-31-29-27-25-23-20-17-14-11-8-5-2/h8,11,17,20,25,27,31,43,73H,4-7,9-10,12-16,18-19,21-24,26,28-30,32-42,44-72H2,1-3H3/b11-8-,20-17-,27-25-,43-31-. The van der Waals surface area contributed by atoms with Crippen LogP contribution >= 0.6 is 0 Å². The van der Waals surface area contributed by atoms with E-state index >= 15 is 0 Å². The van der Waals surface area contributed by atoms with Crippen molar-refractivity contribution in [2.75, 3.05) is 13.2 Å². The van der Waals surface area contributed by atoms with E-state index in [1.54, 1.807) is 0 Å². The first-order valence-corrected chi connectivity index (χ1v) is 36.6. The molecule has 1 unspecified atom stereocenters. The van der Waals surface area contributed by atoms with Gasteiger partial charge in [0.05, 0.1) is 0 Å². The number of esters is 3. The topological polar surface area (TPSA) is 78.9 Å². The molecular formula is C76H140O6. The molecule has 0 saturated carbocycles. The largest absolute Gasteiger partial charge is 0.462 e. The highest BCUT2D eigenvalue weighted by Crippen LogP contribution is 2.19. The predicted molar refractivity (Wildman–Crippen MR) is 358 cm³/mol. The molecule has 480 valence electrons. The maximum atomic E-state index is 12.9. The summed E-state index contributed by atoms with van der Waals surface area (Å²) in [5.74, 6) is -0.854. The van der Waals surface area contributed by atoms with Crippen molar-refractivity contribution in [3.8, 4) is 0 Å². The SMILES string of the molecule is CC/C=C\C/C=C\C/C=C\C/C=C\CCCCCCCCCCC(=O)OC(COC(=O)CCCCCCCCCCCCC)COC(=O)CCCCCCCCCCCCCCCCCCCCCCCCCCCCCCCCCC. The van der Waals surface area contributed by atoms with Gasteiger partial charge in [-0.1, -0.05) is 371 Å². The van der Waals surface area contributed by atoms with Gasteiger partial charge in [-0.2, -0.15) is 0 Å². The molecule has 0 rings (SSSR count). The molecule has 0 aliphatic heterocycles. The lowest BCUT2D eigenvalue weighted by atomic mass is 10.0. The lowest BCUT2D eigenvalue weighted by Crippen LogP contribution is -2.30. The summed E-state index contributed by atoms with van der Waals surface area (Å²) >= 11 is 0. The number of rotatable bonds is 68. The molecule has 0 N–H and O–H groups in total. The molecule has 0 fully saturated rings. The molecule has 0 aliphatic carbocycles. The summed E-state index contributed by atoms with van der Waals surface area (Å²) in [4.78, 5) is 38.4. The molecule has 0 saturated heterocycles. The Bertz CT molecular complexity index is 1410. The lowest BCUT2D eigenvalue weighted by Gasteiger charge is -2.18. The summed E-state index contributed by atoms with van der Waals surface area (Å²) < 4.78 is 17.0. The maximum absolute atomic E-state index is 12.9. The Morgan fingerprint density at radius 2 is 0.476 bits per heavy atom. The van der Waals surface area contributed by atoms with Gasteiger partial charge >= 0.3 is 17.9 Å². The quantitative estimate of drug-likeness (QED) is 0.0261. The molecule has 0 aromatic rings. The first-order valence-electron chi connectivity index (χ1n) is 36.6. The number of hydrogen-bond acceptors (Lipinski definition) is 6. The molecule has 0 amide bonds. The van der Waals surface area contributed by atoms with E-state index in [1.165, 1.54) is 270 Å². The van der Waals surface area contributed by atoms with Crippen LogP contribution in [0.15, 0.2) is 48.6 Å².